The topological polar surface area (TPSA) is 49.4 Å². The molecule has 0 saturated heterocycles. The quantitative estimate of drug-likeness (QED) is 0.758. The number of nitrogens with zero attached hydrogens (tertiary/aromatic N) is 1. The van der Waals surface area contributed by atoms with Gasteiger partial charge in [-0.05, 0) is 23.8 Å². The predicted octanol–water partition coefficient (Wildman–Crippen LogP) is 1.33. The summed E-state index contributed by atoms with van der Waals surface area (Å²) in [7, 11) is 1.73. The average molecular weight is 216 g/mol. The highest BCUT2D eigenvalue weighted by Crippen LogP contribution is 2.30. The standard InChI is InChI=1S/C12H12N2O2/c1-3-11(15)13-9-5-4-8-6-12(16)14(2)10(8)7-9/h3-5,7H,1,6H2,2H3,(H,13,15). The third-order valence-electron chi connectivity index (χ3n) is 2.62. The third-order valence-corrected chi connectivity index (χ3v) is 2.62. The van der Waals surface area contributed by atoms with E-state index in [0.29, 0.717) is 12.1 Å². The van der Waals surface area contributed by atoms with E-state index in [2.05, 4.69) is 11.9 Å². The summed E-state index contributed by atoms with van der Waals surface area (Å²) >= 11 is 0. The Hall–Kier alpha value is -2.10. The summed E-state index contributed by atoms with van der Waals surface area (Å²) in [5.74, 6) is -0.186. The number of fused-ring (bicyclic) bond motifs is 1. The Morgan fingerprint density at radius 2 is 2.31 bits per heavy atom. The molecule has 0 fully saturated rings. The summed E-state index contributed by atoms with van der Waals surface area (Å²) < 4.78 is 0. The first-order valence-corrected chi connectivity index (χ1v) is 4.94. The second-order valence-electron chi connectivity index (χ2n) is 3.67. The van der Waals surface area contributed by atoms with E-state index in [0.717, 1.165) is 11.3 Å². The highest BCUT2D eigenvalue weighted by molar-refractivity contribution is 6.03. The van der Waals surface area contributed by atoms with Gasteiger partial charge in [-0.25, -0.2) is 0 Å². The molecule has 16 heavy (non-hydrogen) atoms. The Morgan fingerprint density at radius 3 is 3.00 bits per heavy atom. The lowest BCUT2D eigenvalue weighted by Crippen LogP contribution is -2.20. The Morgan fingerprint density at radius 1 is 1.56 bits per heavy atom. The highest BCUT2D eigenvalue weighted by Gasteiger charge is 2.23. The number of anilines is 2. The molecule has 82 valence electrons. The van der Waals surface area contributed by atoms with Gasteiger partial charge >= 0.3 is 0 Å². The monoisotopic (exact) mass is 216 g/mol. The maximum Gasteiger partial charge on any atom is 0.247 e. The lowest BCUT2D eigenvalue weighted by Gasteiger charge is -2.11. The van der Waals surface area contributed by atoms with E-state index in [9.17, 15) is 9.59 Å². The molecule has 1 aliphatic rings. The fourth-order valence-electron chi connectivity index (χ4n) is 1.71. The molecule has 0 aliphatic carbocycles. The van der Waals surface area contributed by atoms with Crippen molar-refractivity contribution in [2.75, 3.05) is 17.3 Å². The summed E-state index contributed by atoms with van der Waals surface area (Å²) in [6.45, 7) is 3.38. The minimum atomic E-state index is -0.257. The minimum absolute atomic E-state index is 0.0715. The molecule has 4 heteroatoms. The van der Waals surface area contributed by atoms with Gasteiger partial charge in [-0.1, -0.05) is 12.6 Å². The number of nitrogens with one attached hydrogen (secondary N) is 1. The van der Waals surface area contributed by atoms with E-state index in [1.54, 1.807) is 24.1 Å². The van der Waals surface area contributed by atoms with Crippen LogP contribution in [0.25, 0.3) is 0 Å². The van der Waals surface area contributed by atoms with Crippen LogP contribution < -0.4 is 10.2 Å². The smallest absolute Gasteiger partial charge is 0.247 e. The number of hydrogen-bond donors (Lipinski definition) is 1. The van der Waals surface area contributed by atoms with Crippen molar-refractivity contribution in [3.05, 3.63) is 36.4 Å². The average Bonchev–Trinajstić information content (AvgIpc) is 2.55. The number of carbonyl (C=O) groups is 2. The third kappa shape index (κ3) is 1.69. The molecule has 0 radical (unpaired) electrons. The molecule has 0 saturated carbocycles. The van der Waals surface area contributed by atoms with Gasteiger partial charge in [0.25, 0.3) is 0 Å². The SMILES string of the molecule is C=CC(=O)Nc1ccc2c(c1)N(C)C(=O)C2. The van der Waals surface area contributed by atoms with Crippen LogP contribution in [0, 0.1) is 0 Å². The van der Waals surface area contributed by atoms with Crippen LogP contribution in [0.2, 0.25) is 0 Å². The molecule has 0 spiro atoms. The second kappa shape index (κ2) is 3.81. The molecule has 0 aromatic heterocycles. The van der Waals surface area contributed by atoms with Crippen LogP contribution in [0.1, 0.15) is 5.56 Å². The second-order valence-corrected chi connectivity index (χ2v) is 3.67. The highest BCUT2D eigenvalue weighted by atomic mass is 16.2. The lowest BCUT2D eigenvalue weighted by molar-refractivity contribution is -0.117. The summed E-state index contributed by atoms with van der Waals surface area (Å²) in [5, 5.41) is 2.66. The van der Waals surface area contributed by atoms with Crippen molar-refractivity contribution < 1.29 is 9.59 Å². The molecule has 0 unspecified atom stereocenters. The Labute approximate surface area is 93.6 Å². The van der Waals surface area contributed by atoms with Crippen molar-refractivity contribution >= 4 is 23.2 Å². The van der Waals surface area contributed by atoms with Crippen LogP contribution in [0.3, 0.4) is 0 Å². The molecule has 1 aliphatic heterocycles. The molecular formula is C12H12N2O2. The lowest BCUT2D eigenvalue weighted by atomic mass is 10.1. The molecule has 1 N–H and O–H groups in total. The molecule has 1 aromatic rings. The van der Waals surface area contributed by atoms with E-state index >= 15 is 0 Å². The van der Waals surface area contributed by atoms with Gasteiger partial charge in [0, 0.05) is 18.4 Å². The molecule has 2 rings (SSSR count). The summed E-state index contributed by atoms with van der Waals surface area (Å²) in [4.78, 5) is 24.2. The number of benzene rings is 1. The summed E-state index contributed by atoms with van der Waals surface area (Å²) in [6, 6.07) is 5.43. The van der Waals surface area contributed by atoms with Crippen molar-refractivity contribution in [1.29, 1.82) is 0 Å². The Balaban J connectivity index is 2.30. The summed E-state index contributed by atoms with van der Waals surface area (Å²) in [5.41, 5.74) is 2.51. The number of carbonyl (C=O) groups excluding carboxylic acids is 2. The zero-order valence-electron chi connectivity index (χ0n) is 8.99. The predicted molar refractivity (Wildman–Crippen MR) is 62.4 cm³/mol. The molecule has 0 atom stereocenters. The first kappa shape index (κ1) is 10.4. The molecular weight excluding hydrogens is 204 g/mol. The van der Waals surface area contributed by atoms with E-state index in [1.807, 2.05) is 6.07 Å². The number of rotatable bonds is 2. The fourth-order valence-corrected chi connectivity index (χ4v) is 1.71. The van der Waals surface area contributed by atoms with Crippen molar-refractivity contribution in [1.82, 2.24) is 0 Å². The van der Waals surface area contributed by atoms with E-state index in [1.165, 1.54) is 6.08 Å². The Kier molecular flexibility index (Phi) is 2.48. The van der Waals surface area contributed by atoms with Gasteiger partial charge in [-0.15, -0.1) is 0 Å². The Bertz CT molecular complexity index is 480. The zero-order chi connectivity index (χ0) is 11.7. The van der Waals surface area contributed by atoms with Gasteiger partial charge in [-0.3, -0.25) is 9.59 Å². The van der Waals surface area contributed by atoms with E-state index in [4.69, 9.17) is 0 Å². The first-order valence-electron chi connectivity index (χ1n) is 4.94. The van der Waals surface area contributed by atoms with Gasteiger partial charge in [-0.2, -0.15) is 0 Å². The number of amides is 2. The van der Waals surface area contributed by atoms with Crippen LogP contribution in [0.5, 0.6) is 0 Å². The minimum Gasteiger partial charge on any atom is -0.322 e. The van der Waals surface area contributed by atoms with Crippen molar-refractivity contribution in [3.63, 3.8) is 0 Å². The molecule has 4 nitrogen and oxygen atoms in total. The normalized spacial score (nSPS) is 13.6. The molecule has 1 heterocycles. The van der Waals surface area contributed by atoms with Gasteiger partial charge < -0.3 is 10.2 Å². The maximum atomic E-state index is 11.4. The van der Waals surface area contributed by atoms with Crippen LogP contribution in [0.4, 0.5) is 11.4 Å². The van der Waals surface area contributed by atoms with Crippen LogP contribution in [-0.2, 0) is 16.0 Å². The van der Waals surface area contributed by atoms with Crippen molar-refractivity contribution in [3.8, 4) is 0 Å². The van der Waals surface area contributed by atoms with Crippen molar-refractivity contribution in [2.45, 2.75) is 6.42 Å². The first-order chi connectivity index (χ1) is 7.61. The van der Waals surface area contributed by atoms with Gasteiger partial charge in [0.2, 0.25) is 11.8 Å². The summed E-state index contributed by atoms with van der Waals surface area (Å²) in [6.07, 6.45) is 1.64. The molecule has 0 bridgehead atoms. The number of hydrogen-bond acceptors (Lipinski definition) is 2. The number of likely N-dealkylation sites (N-methyl/N-ethyl adjacent to an activating group) is 1. The van der Waals surface area contributed by atoms with Gasteiger partial charge in [0.1, 0.15) is 0 Å². The molecule has 2 amide bonds. The van der Waals surface area contributed by atoms with Gasteiger partial charge in [0.05, 0.1) is 6.42 Å². The fraction of sp³-hybridized carbons (Fsp3) is 0.167. The van der Waals surface area contributed by atoms with E-state index < -0.39 is 0 Å². The maximum absolute atomic E-state index is 11.4. The van der Waals surface area contributed by atoms with Gasteiger partial charge in [0.15, 0.2) is 0 Å². The largest absolute Gasteiger partial charge is 0.322 e. The van der Waals surface area contributed by atoms with Crippen molar-refractivity contribution in [2.24, 2.45) is 0 Å². The van der Waals surface area contributed by atoms with E-state index in [-0.39, 0.29) is 11.8 Å². The zero-order valence-corrected chi connectivity index (χ0v) is 8.99. The molecule has 1 aromatic carbocycles. The van der Waals surface area contributed by atoms with Crippen LogP contribution >= 0.6 is 0 Å². The van der Waals surface area contributed by atoms with Crippen LogP contribution in [0.15, 0.2) is 30.9 Å². The van der Waals surface area contributed by atoms with Crippen LogP contribution in [-0.4, -0.2) is 18.9 Å².